The quantitative estimate of drug-likeness (QED) is 0.663. The second kappa shape index (κ2) is 4.09. The van der Waals surface area contributed by atoms with E-state index < -0.39 is 5.97 Å². The molecule has 2 N–H and O–H groups in total. The molecule has 3 heterocycles. The fraction of sp³-hybridized carbons (Fsp3) is 0.0909. The van der Waals surface area contributed by atoms with Crippen LogP contribution >= 0.6 is 0 Å². The van der Waals surface area contributed by atoms with Crippen LogP contribution in [0.25, 0.3) is 11.3 Å². The van der Waals surface area contributed by atoms with E-state index in [2.05, 4.69) is 19.9 Å². The number of aromatic nitrogens is 5. The number of fused-ring (bicyclic) bond motifs is 1. The number of methoxy groups -OCH3 is 1. The summed E-state index contributed by atoms with van der Waals surface area (Å²) in [7, 11) is 1.27. The SMILES string of the molecule is COC(=O)c1nn(-c2nccn3nccc23)cc1N. The Bertz CT molecular complexity index is 759. The predicted octanol–water partition coefficient (Wildman–Crippen LogP) is 0.284. The molecule has 0 amide bonds. The van der Waals surface area contributed by atoms with Gasteiger partial charge in [-0.2, -0.15) is 10.2 Å². The van der Waals surface area contributed by atoms with Crippen molar-refractivity contribution >= 4 is 17.2 Å². The van der Waals surface area contributed by atoms with E-state index in [1.807, 2.05) is 0 Å². The van der Waals surface area contributed by atoms with Crippen LogP contribution in [0.15, 0.2) is 30.9 Å². The zero-order chi connectivity index (χ0) is 13.4. The summed E-state index contributed by atoms with van der Waals surface area (Å²) in [6.45, 7) is 0. The van der Waals surface area contributed by atoms with Gasteiger partial charge in [-0.05, 0) is 6.07 Å². The van der Waals surface area contributed by atoms with E-state index in [9.17, 15) is 4.79 Å². The minimum atomic E-state index is -0.586. The van der Waals surface area contributed by atoms with Crippen molar-refractivity contribution in [2.24, 2.45) is 0 Å². The molecule has 0 spiro atoms. The molecule has 3 rings (SSSR count). The molecule has 96 valence electrons. The van der Waals surface area contributed by atoms with Crippen LogP contribution in [0.4, 0.5) is 5.69 Å². The molecule has 0 unspecified atom stereocenters. The molecule has 0 aliphatic carbocycles. The Morgan fingerprint density at radius 1 is 1.42 bits per heavy atom. The summed E-state index contributed by atoms with van der Waals surface area (Å²) >= 11 is 0. The maximum Gasteiger partial charge on any atom is 0.360 e. The molecule has 19 heavy (non-hydrogen) atoms. The zero-order valence-corrected chi connectivity index (χ0v) is 10.0. The van der Waals surface area contributed by atoms with Gasteiger partial charge in [-0.25, -0.2) is 19.0 Å². The van der Waals surface area contributed by atoms with Gasteiger partial charge in [0, 0.05) is 12.4 Å². The molecule has 0 aliphatic rings. The first-order chi connectivity index (χ1) is 9.20. The summed E-state index contributed by atoms with van der Waals surface area (Å²) in [5.74, 6) is -0.0569. The molecule has 8 nitrogen and oxygen atoms in total. The predicted molar refractivity (Wildman–Crippen MR) is 65.9 cm³/mol. The summed E-state index contributed by atoms with van der Waals surface area (Å²) in [6, 6.07) is 1.79. The highest BCUT2D eigenvalue weighted by Gasteiger charge is 2.17. The molecule has 3 aromatic rings. The smallest absolute Gasteiger partial charge is 0.360 e. The van der Waals surface area contributed by atoms with Crippen LogP contribution in [0.2, 0.25) is 0 Å². The number of ether oxygens (including phenoxy) is 1. The lowest BCUT2D eigenvalue weighted by Crippen LogP contribution is -2.07. The van der Waals surface area contributed by atoms with Gasteiger partial charge in [-0.3, -0.25) is 0 Å². The number of esters is 1. The van der Waals surface area contributed by atoms with Crippen LogP contribution in [-0.2, 0) is 4.74 Å². The Kier molecular flexibility index (Phi) is 2.41. The average molecular weight is 258 g/mol. The number of hydrogen-bond acceptors (Lipinski definition) is 6. The van der Waals surface area contributed by atoms with Crippen LogP contribution in [0.1, 0.15) is 10.5 Å². The molecule has 0 aliphatic heterocycles. The van der Waals surface area contributed by atoms with Gasteiger partial charge in [0.2, 0.25) is 0 Å². The minimum Gasteiger partial charge on any atom is -0.464 e. The van der Waals surface area contributed by atoms with Crippen LogP contribution < -0.4 is 5.73 Å². The Labute approximate surface area is 107 Å². The third-order valence-electron chi connectivity index (χ3n) is 2.64. The van der Waals surface area contributed by atoms with E-state index in [0.29, 0.717) is 5.82 Å². The Morgan fingerprint density at radius 3 is 3.05 bits per heavy atom. The van der Waals surface area contributed by atoms with Crippen LogP contribution in [-0.4, -0.2) is 37.5 Å². The fourth-order valence-corrected chi connectivity index (χ4v) is 1.77. The van der Waals surface area contributed by atoms with Crippen molar-refractivity contribution in [2.75, 3.05) is 12.8 Å². The van der Waals surface area contributed by atoms with Gasteiger partial charge in [0.25, 0.3) is 0 Å². The molecule has 0 bridgehead atoms. The molecular weight excluding hydrogens is 248 g/mol. The van der Waals surface area contributed by atoms with Crippen LogP contribution in [0, 0.1) is 0 Å². The van der Waals surface area contributed by atoms with Gasteiger partial charge in [0.15, 0.2) is 11.5 Å². The second-order valence-corrected chi connectivity index (χ2v) is 3.78. The number of carbonyl (C=O) groups excluding carboxylic acids is 1. The van der Waals surface area contributed by atoms with Crippen molar-refractivity contribution in [1.29, 1.82) is 0 Å². The molecular formula is C11H10N6O2. The lowest BCUT2D eigenvalue weighted by Gasteiger charge is -2.01. The monoisotopic (exact) mass is 258 g/mol. The molecule has 0 fully saturated rings. The normalized spacial score (nSPS) is 10.8. The molecule has 0 atom stereocenters. The van der Waals surface area contributed by atoms with E-state index in [1.54, 1.807) is 29.2 Å². The average Bonchev–Trinajstić information content (AvgIpc) is 3.03. The van der Waals surface area contributed by atoms with Crippen molar-refractivity contribution in [3.8, 4) is 5.82 Å². The van der Waals surface area contributed by atoms with Crippen molar-refractivity contribution in [2.45, 2.75) is 0 Å². The summed E-state index contributed by atoms with van der Waals surface area (Å²) in [5.41, 5.74) is 6.78. The highest BCUT2D eigenvalue weighted by atomic mass is 16.5. The number of hydrogen-bond donors (Lipinski definition) is 1. The lowest BCUT2D eigenvalue weighted by atomic mass is 10.4. The first-order valence-electron chi connectivity index (χ1n) is 5.43. The Hall–Kier alpha value is -2.90. The first-order valence-corrected chi connectivity index (χ1v) is 5.43. The number of nitrogen functional groups attached to an aromatic ring is 1. The summed E-state index contributed by atoms with van der Waals surface area (Å²) < 4.78 is 7.69. The van der Waals surface area contributed by atoms with Gasteiger partial charge in [0.05, 0.1) is 25.2 Å². The van der Waals surface area contributed by atoms with Crippen molar-refractivity contribution in [1.82, 2.24) is 24.4 Å². The minimum absolute atomic E-state index is 0.0609. The molecule has 0 radical (unpaired) electrons. The topological polar surface area (TPSA) is 100 Å². The van der Waals surface area contributed by atoms with E-state index in [1.165, 1.54) is 18.0 Å². The Balaban J connectivity index is 2.17. The standard InChI is InChI=1S/C11H10N6O2/c1-19-11(18)9-7(12)6-17(15-9)10-8-2-3-14-16(8)5-4-13-10/h2-6H,12H2,1H3. The highest BCUT2D eigenvalue weighted by molar-refractivity contribution is 5.92. The second-order valence-electron chi connectivity index (χ2n) is 3.78. The summed E-state index contributed by atoms with van der Waals surface area (Å²) in [5, 5.41) is 8.19. The van der Waals surface area contributed by atoms with E-state index >= 15 is 0 Å². The number of nitrogens with two attached hydrogens (primary N) is 1. The van der Waals surface area contributed by atoms with Gasteiger partial charge < -0.3 is 10.5 Å². The molecule has 0 aromatic carbocycles. The van der Waals surface area contributed by atoms with Crippen molar-refractivity contribution in [3.63, 3.8) is 0 Å². The molecule has 0 saturated heterocycles. The third kappa shape index (κ3) is 1.69. The van der Waals surface area contributed by atoms with E-state index in [4.69, 9.17) is 5.73 Å². The summed E-state index contributed by atoms with van der Waals surface area (Å²) in [6.07, 6.45) is 6.47. The highest BCUT2D eigenvalue weighted by Crippen LogP contribution is 2.16. The van der Waals surface area contributed by atoms with E-state index in [0.717, 1.165) is 5.52 Å². The molecule has 3 aromatic heterocycles. The molecule has 0 saturated carbocycles. The third-order valence-corrected chi connectivity index (χ3v) is 2.64. The van der Waals surface area contributed by atoms with Gasteiger partial charge in [0.1, 0.15) is 5.52 Å². The summed E-state index contributed by atoms with van der Waals surface area (Å²) in [4.78, 5) is 15.7. The van der Waals surface area contributed by atoms with Gasteiger partial charge in [-0.15, -0.1) is 0 Å². The lowest BCUT2D eigenvalue weighted by molar-refractivity contribution is 0.0594. The van der Waals surface area contributed by atoms with E-state index in [-0.39, 0.29) is 11.4 Å². The fourth-order valence-electron chi connectivity index (χ4n) is 1.77. The number of nitrogens with zero attached hydrogens (tertiary/aromatic N) is 5. The number of anilines is 1. The van der Waals surface area contributed by atoms with Gasteiger partial charge in [-0.1, -0.05) is 0 Å². The Morgan fingerprint density at radius 2 is 2.26 bits per heavy atom. The van der Waals surface area contributed by atoms with Crippen molar-refractivity contribution in [3.05, 3.63) is 36.5 Å². The first kappa shape index (κ1) is 11.2. The van der Waals surface area contributed by atoms with Crippen LogP contribution in [0.5, 0.6) is 0 Å². The zero-order valence-electron chi connectivity index (χ0n) is 10.0. The largest absolute Gasteiger partial charge is 0.464 e. The number of carbonyl (C=O) groups is 1. The number of rotatable bonds is 2. The maximum atomic E-state index is 11.5. The van der Waals surface area contributed by atoms with Gasteiger partial charge >= 0.3 is 5.97 Å². The molecule has 8 heteroatoms. The van der Waals surface area contributed by atoms with Crippen LogP contribution in [0.3, 0.4) is 0 Å². The maximum absolute atomic E-state index is 11.5. The van der Waals surface area contributed by atoms with Crippen molar-refractivity contribution < 1.29 is 9.53 Å².